The third-order valence-corrected chi connectivity index (χ3v) is 11.6. The zero-order chi connectivity index (χ0) is 30.7. The van der Waals surface area contributed by atoms with Gasteiger partial charge in [-0.15, -0.1) is 0 Å². The normalized spacial score (nSPS) is 36.3. The molecule has 3 N–H and O–H groups in total. The molecule has 238 valence electrons. The number of carbonyl (C=O) groups is 2. The summed E-state index contributed by atoms with van der Waals surface area (Å²) in [5.74, 6) is -0.780. The number of allylic oxidation sites excluding steroid dienone is 1. The van der Waals surface area contributed by atoms with E-state index in [0.29, 0.717) is 23.5 Å². The molecule has 0 amide bonds. The summed E-state index contributed by atoms with van der Waals surface area (Å²) in [6.07, 6.45) is 17.8. The average Bonchev–Trinajstić information content (AvgIpc) is 3.45. The van der Waals surface area contributed by atoms with E-state index in [1.165, 1.54) is 64.2 Å². The number of rotatable bonds is 16. The molecule has 4 aliphatic carbocycles. The van der Waals surface area contributed by atoms with Gasteiger partial charge in [0.05, 0.1) is 5.41 Å². The van der Waals surface area contributed by atoms with Crippen molar-refractivity contribution < 1.29 is 29.6 Å². The first-order valence-electron chi connectivity index (χ1n) is 17.1. The van der Waals surface area contributed by atoms with Gasteiger partial charge in [-0.1, -0.05) is 117 Å². The third kappa shape index (κ3) is 6.06. The van der Waals surface area contributed by atoms with E-state index >= 15 is 0 Å². The maximum Gasteiger partial charge on any atom is 0.306 e. The number of aliphatic hydroxyl groups excluding tert-OH is 2. The molecule has 6 heteroatoms. The van der Waals surface area contributed by atoms with Gasteiger partial charge in [0.25, 0.3) is 0 Å². The molecule has 0 aromatic rings. The highest BCUT2D eigenvalue weighted by Crippen LogP contribution is 2.71. The fraction of sp³-hybridized carbons (Fsp3) is 0.833. The van der Waals surface area contributed by atoms with E-state index in [0.717, 1.165) is 25.7 Å². The van der Waals surface area contributed by atoms with Crippen LogP contribution in [0.25, 0.3) is 0 Å². The van der Waals surface area contributed by atoms with Crippen molar-refractivity contribution >= 4 is 11.8 Å². The Hall–Kier alpha value is -1.50. The number of esters is 1. The molecule has 0 saturated heterocycles. The fourth-order valence-corrected chi connectivity index (χ4v) is 8.94. The Morgan fingerprint density at radius 1 is 0.929 bits per heavy atom. The summed E-state index contributed by atoms with van der Waals surface area (Å²) in [5.41, 5.74) is -2.65. The lowest BCUT2D eigenvalue weighted by Gasteiger charge is -2.48. The molecule has 2 bridgehead atoms. The number of ketones is 1. The summed E-state index contributed by atoms with van der Waals surface area (Å²) < 4.78 is 5.62. The molecule has 1 unspecified atom stereocenters. The average molecular weight is 587 g/mol. The van der Waals surface area contributed by atoms with Crippen molar-refractivity contribution in [2.75, 3.05) is 6.61 Å². The monoisotopic (exact) mass is 586 g/mol. The Morgan fingerprint density at radius 2 is 1.48 bits per heavy atom. The van der Waals surface area contributed by atoms with Crippen molar-refractivity contribution in [3.8, 4) is 0 Å². The van der Waals surface area contributed by atoms with Gasteiger partial charge in [0.2, 0.25) is 0 Å². The molecule has 1 spiro atoms. The molecule has 4 aliphatic rings. The van der Waals surface area contributed by atoms with Gasteiger partial charge >= 0.3 is 5.97 Å². The lowest BCUT2D eigenvalue weighted by atomic mass is 9.59. The zero-order valence-electron chi connectivity index (χ0n) is 27.0. The Morgan fingerprint density at radius 3 is 2.05 bits per heavy atom. The Bertz CT molecular complexity index is 1030. The van der Waals surface area contributed by atoms with Gasteiger partial charge in [-0.05, 0) is 54.1 Å². The molecule has 4 rings (SSSR count). The molecule has 6 nitrogen and oxygen atoms in total. The molecule has 0 aromatic heterocycles. The highest BCUT2D eigenvalue weighted by atomic mass is 16.5. The molecule has 2 fully saturated rings. The number of ether oxygens (including phenoxy) is 1. The number of carbonyl (C=O) groups excluding carboxylic acids is 2. The summed E-state index contributed by atoms with van der Waals surface area (Å²) in [6, 6.07) is 0. The number of hydrogen-bond acceptors (Lipinski definition) is 6. The molecular weight excluding hydrogens is 528 g/mol. The van der Waals surface area contributed by atoms with E-state index in [1.54, 1.807) is 19.1 Å². The number of fused-ring (bicyclic) bond motifs is 3. The van der Waals surface area contributed by atoms with E-state index in [4.69, 9.17) is 4.74 Å². The Labute approximate surface area is 254 Å². The quantitative estimate of drug-likeness (QED) is 0.104. The summed E-state index contributed by atoms with van der Waals surface area (Å²) in [4.78, 5) is 26.9. The van der Waals surface area contributed by atoms with Crippen LogP contribution in [0.15, 0.2) is 23.3 Å². The van der Waals surface area contributed by atoms with Crippen molar-refractivity contribution in [2.24, 2.45) is 34.5 Å². The van der Waals surface area contributed by atoms with Gasteiger partial charge in [-0.2, -0.15) is 0 Å². The van der Waals surface area contributed by atoms with Crippen LogP contribution < -0.4 is 0 Å². The van der Waals surface area contributed by atoms with E-state index < -0.39 is 29.1 Å². The molecule has 0 heterocycles. The van der Waals surface area contributed by atoms with E-state index in [1.807, 2.05) is 6.92 Å². The van der Waals surface area contributed by atoms with E-state index in [9.17, 15) is 24.9 Å². The molecule has 8 atom stereocenters. The van der Waals surface area contributed by atoms with Gasteiger partial charge in [-0.3, -0.25) is 9.59 Å². The lowest BCUT2D eigenvalue weighted by Crippen LogP contribution is -2.65. The summed E-state index contributed by atoms with van der Waals surface area (Å²) in [7, 11) is 0. The number of Topliss-reactive ketones (excluding diaryl/α,β-unsaturated/α-hetero) is 1. The smallest absolute Gasteiger partial charge is 0.306 e. The van der Waals surface area contributed by atoms with Gasteiger partial charge < -0.3 is 20.1 Å². The molecule has 42 heavy (non-hydrogen) atoms. The van der Waals surface area contributed by atoms with Crippen LogP contribution in [0, 0.1) is 34.5 Å². The van der Waals surface area contributed by atoms with Crippen LogP contribution in [0.1, 0.15) is 131 Å². The highest BCUT2D eigenvalue weighted by molar-refractivity contribution is 5.95. The SMILES string of the molecule is CCCCCCCCCCCCCCCC(=O)OCC1=CC2C(=O)[C@]3(C=C(C)[C@H](O)[C@@]3(O)[C@@H]1O)[C@H](C)C[C@@H]1[C@H]2C1(C)C. The molecule has 0 radical (unpaired) electrons. The van der Waals surface area contributed by atoms with Crippen molar-refractivity contribution in [1.82, 2.24) is 0 Å². The zero-order valence-corrected chi connectivity index (χ0v) is 27.0. The molecule has 0 aromatic carbocycles. The number of aliphatic hydroxyl groups is 3. The predicted octanol–water partition coefficient (Wildman–Crippen LogP) is 6.85. The Balaban J connectivity index is 1.27. The minimum absolute atomic E-state index is 0.0217. The second-order valence-electron chi connectivity index (χ2n) is 14.8. The van der Waals surface area contributed by atoms with Crippen molar-refractivity contribution in [3.63, 3.8) is 0 Å². The van der Waals surface area contributed by atoms with Crippen LogP contribution in [0.4, 0.5) is 0 Å². The third-order valence-electron chi connectivity index (χ3n) is 11.6. The topological polar surface area (TPSA) is 104 Å². The van der Waals surface area contributed by atoms with Gasteiger partial charge in [0.15, 0.2) is 5.78 Å². The largest absolute Gasteiger partial charge is 0.461 e. The van der Waals surface area contributed by atoms with Crippen LogP contribution in [-0.2, 0) is 14.3 Å². The molecule has 2 saturated carbocycles. The van der Waals surface area contributed by atoms with Crippen LogP contribution >= 0.6 is 0 Å². The first-order valence-corrected chi connectivity index (χ1v) is 17.1. The predicted molar refractivity (Wildman–Crippen MR) is 166 cm³/mol. The molecular formula is C36H58O6. The minimum atomic E-state index is -2.09. The molecule has 0 aliphatic heterocycles. The summed E-state index contributed by atoms with van der Waals surface area (Å²) in [5, 5.41) is 34.9. The Kier molecular flexibility index (Phi) is 10.9. The van der Waals surface area contributed by atoms with Gasteiger partial charge in [-0.25, -0.2) is 0 Å². The van der Waals surface area contributed by atoms with Gasteiger partial charge in [0.1, 0.15) is 24.4 Å². The first kappa shape index (κ1) is 33.4. The van der Waals surface area contributed by atoms with Crippen LogP contribution in [0.5, 0.6) is 0 Å². The van der Waals surface area contributed by atoms with E-state index in [-0.39, 0.29) is 35.6 Å². The van der Waals surface area contributed by atoms with Crippen LogP contribution in [0.3, 0.4) is 0 Å². The summed E-state index contributed by atoms with van der Waals surface area (Å²) >= 11 is 0. The van der Waals surface area contributed by atoms with Gasteiger partial charge in [0, 0.05) is 12.3 Å². The van der Waals surface area contributed by atoms with Crippen LogP contribution in [0.2, 0.25) is 0 Å². The maximum atomic E-state index is 14.3. The van der Waals surface area contributed by atoms with Crippen molar-refractivity contribution in [3.05, 3.63) is 23.3 Å². The number of unbranched alkanes of at least 4 members (excludes halogenated alkanes) is 12. The summed E-state index contributed by atoms with van der Waals surface area (Å²) in [6.45, 7) is 10.1. The second-order valence-corrected chi connectivity index (χ2v) is 14.8. The fourth-order valence-electron chi connectivity index (χ4n) is 8.94. The first-order chi connectivity index (χ1) is 19.9. The highest BCUT2D eigenvalue weighted by Gasteiger charge is 2.75. The second kappa shape index (κ2) is 13.6. The standard InChI is InChI=1S/C36H58O6/c1-6-7-8-9-10-11-12-13-14-15-16-17-18-19-29(37)42-23-26-21-27-30-28(34(30,4)5)20-25(3)35(33(27)40)22-24(2)31(38)36(35,41)32(26)39/h21-22,25,27-28,30-32,38-39,41H,6-20,23H2,1-5H3/t25-,27?,28-,30+,31+,32-,35+,36-/m1/s1. The maximum absolute atomic E-state index is 14.3. The minimum Gasteiger partial charge on any atom is -0.461 e. The van der Waals surface area contributed by atoms with Crippen molar-refractivity contribution in [1.29, 1.82) is 0 Å². The van der Waals surface area contributed by atoms with E-state index in [2.05, 4.69) is 20.8 Å². The lowest BCUT2D eigenvalue weighted by molar-refractivity contribution is -0.190. The number of hydrogen-bond donors (Lipinski definition) is 3. The van der Waals surface area contributed by atoms with Crippen molar-refractivity contribution in [2.45, 2.75) is 149 Å². The van der Waals surface area contributed by atoms with Crippen LogP contribution in [-0.4, -0.2) is 51.5 Å².